The van der Waals surface area contributed by atoms with Crippen LogP contribution in [0.1, 0.15) is 74.0 Å². The van der Waals surface area contributed by atoms with E-state index in [2.05, 4.69) is 4.90 Å². The number of carbonyl (C=O) groups is 1. The molecule has 188 valence electrons. The molecule has 2 aliphatic heterocycles. The number of carbonyl (C=O) groups excluding carboxylic acids is 1. The molecule has 1 aliphatic carbocycles. The Morgan fingerprint density at radius 3 is 2.74 bits per heavy atom. The topological polar surface area (TPSA) is 102 Å². The number of piperidine rings is 1. The number of nitrogens with zero attached hydrogens (tertiary/aromatic N) is 2. The first-order valence-corrected chi connectivity index (χ1v) is 12.8. The molecule has 8 heteroatoms. The molecule has 2 aromatic rings. The van der Waals surface area contributed by atoms with Crippen molar-refractivity contribution in [3.63, 3.8) is 0 Å². The lowest BCUT2D eigenvalue weighted by atomic mass is 9.77. The number of pyridine rings is 1. The summed E-state index contributed by atoms with van der Waals surface area (Å²) in [4.78, 5) is 39.6. The fourth-order valence-electron chi connectivity index (χ4n) is 6.50. The predicted octanol–water partition coefficient (Wildman–Crippen LogP) is 3.35. The highest BCUT2D eigenvalue weighted by Crippen LogP contribution is 2.41. The fourth-order valence-corrected chi connectivity index (χ4v) is 6.50. The Kier molecular flexibility index (Phi) is 6.82. The van der Waals surface area contributed by atoms with Crippen LogP contribution in [0.4, 0.5) is 0 Å². The van der Waals surface area contributed by atoms with Gasteiger partial charge in [0.2, 0.25) is 11.2 Å². The molecule has 3 aliphatic rings. The number of aromatic hydroxyl groups is 1. The molecule has 35 heavy (non-hydrogen) atoms. The number of rotatable bonds is 6. The maximum absolute atomic E-state index is 12.8. The molecule has 3 atom stereocenters. The standard InChI is InChI=1S/C27H34N2O6/c1-34-25(32)12-21(18-6-3-2-4-7-18)27-26(33)23(30)11-20(35-27)16-28-13-17-10-19(15-28)22-8-5-9-24(31)29(22)14-17/h5,8-9,11,17-19,21,33H,2-4,6-7,10,12-16H2,1H3/t17-,19+,21+/m0/s1. The summed E-state index contributed by atoms with van der Waals surface area (Å²) in [6.45, 7) is 2.73. The van der Waals surface area contributed by atoms with E-state index < -0.39 is 11.2 Å². The van der Waals surface area contributed by atoms with Crippen LogP contribution in [-0.4, -0.2) is 40.7 Å². The zero-order valence-corrected chi connectivity index (χ0v) is 20.3. The zero-order valence-electron chi connectivity index (χ0n) is 20.3. The van der Waals surface area contributed by atoms with E-state index in [1.165, 1.54) is 13.2 Å². The van der Waals surface area contributed by atoms with Crippen LogP contribution in [0.2, 0.25) is 0 Å². The van der Waals surface area contributed by atoms with Crippen molar-refractivity contribution in [2.45, 2.75) is 69.9 Å². The highest BCUT2D eigenvalue weighted by molar-refractivity contribution is 5.70. The Labute approximate surface area is 204 Å². The lowest BCUT2D eigenvalue weighted by Gasteiger charge is -2.42. The Bertz CT molecular complexity index is 1190. The molecule has 0 radical (unpaired) electrons. The van der Waals surface area contributed by atoms with E-state index in [1.807, 2.05) is 16.7 Å². The van der Waals surface area contributed by atoms with Crippen molar-refractivity contribution < 1.29 is 19.1 Å². The normalized spacial score (nSPS) is 23.5. The van der Waals surface area contributed by atoms with Crippen LogP contribution < -0.4 is 11.0 Å². The predicted molar refractivity (Wildman–Crippen MR) is 129 cm³/mol. The van der Waals surface area contributed by atoms with Gasteiger partial charge in [-0.2, -0.15) is 0 Å². The number of hydrogen-bond acceptors (Lipinski definition) is 7. The molecule has 0 amide bonds. The second-order valence-electron chi connectivity index (χ2n) is 10.5. The number of aromatic nitrogens is 1. The second kappa shape index (κ2) is 10.0. The molecule has 2 aromatic heterocycles. The molecule has 8 nitrogen and oxygen atoms in total. The van der Waals surface area contributed by atoms with Gasteiger partial charge in [-0.15, -0.1) is 0 Å². The Morgan fingerprint density at radius 1 is 1.17 bits per heavy atom. The Morgan fingerprint density at radius 2 is 1.97 bits per heavy atom. The van der Waals surface area contributed by atoms with Gasteiger partial charge in [0, 0.05) is 49.3 Å². The van der Waals surface area contributed by atoms with Gasteiger partial charge >= 0.3 is 5.97 Å². The smallest absolute Gasteiger partial charge is 0.306 e. The van der Waals surface area contributed by atoms with Gasteiger partial charge in [-0.1, -0.05) is 25.3 Å². The number of ether oxygens (including phenoxy) is 1. The average Bonchev–Trinajstić information content (AvgIpc) is 2.86. The van der Waals surface area contributed by atoms with E-state index in [9.17, 15) is 19.5 Å². The van der Waals surface area contributed by atoms with Crippen LogP contribution in [0.25, 0.3) is 0 Å². The number of likely N-dealkylation sites (tertiary alicyclic amines) is 1. The Balaban J connectivity index is 1.40. The van der Waals surface area contributed by atoms with E-state index in [4.69, 9.17) is 9.15 Å². The van der Waals surface area contributed by atoms with Gasteiger partial charge in [0.15, 0.2) is 5.76 Å². The molecular weight excluding hydrogens is 448 g/mol. The Hall–Kier alpha value is -2.87. The highest BCUT2D eigenvalue weighted by Gasteiger charge is 2.36. The van der Waals surface area contributed by atoms with Gasteiger partial charge in [-0.3, -0.25) is 19.3 Å². The molecule has 1 N–H and O–H groups in total. The molecule has 0 spiro atoms. The summed E-state index contributed by atoms with van der Waals surface area (Å²) in [5.74, 6) is 0.361. The van der Waals surface area contributed by atoms with Crippen molar-refractivity contribution >= 4 is 5.97 Å². The maximum atomic E-state index is 12.8. The van der Waals surface area contributed by atoms with E-state index >= 15 is 0 Å². The lowest BCUT2D eigenvalue weighted by molar-refractivity contribution is -0.141. The van der Waals surface area contributed by atoms with E-state index in [-0.39, 0.29) is 41.5 Å². The quantitative estimate of drug-likeness (QED) is 0.630. The van der Waals surface area contributed by atoms with Gasteiger partial charge < -0.3 is 18.8 Å². The monoisotopic (exact) mass is 482 g/mol. The maximum Gasteiger partial charge on any atom is 0.306 e. The van der Waals surface area contributed by atoms with Crippen LogP contribution in [-0.2, 0) is 22.6 Å². The third-order valence-corrected chi connectivity index (χ3v) is 8.10. The molecule has 0 aromatic carbocycles. The van der Waals surface area contributed by atoms with Crippen molar-refractivity contribution in [1.82, 2.24) is 9.47 Å². The van der Waals surface area contributed by atoms with Crippen molar-refractivity contribution in [3.05, 3.63) is 62.1 Å². The molecule has 2 bridgehead atoms. The number of methoxy groups -OCH3 is 1. The van der Waals surface area contributed by atoms with Crippen LogP contribution in [0.3, 0.4) is 0 Å². The third kappa shape index (κ3) is 4.94. The number of esters is 1. The minimum atomic E-state index is -0.471. The summed E-state index contributed by atoms with van der Waals surface area (Å²) in [7, 11) is 1.35. The first kappa shape index (κ1) is 23.9. The van der Waals surface area contributed by atoms with Crippen molar-refractivity contribution in [1.29, 1.82) is 0 Å². The van der Waals surface area contributed by atoms with Gasteiger partial charge in [0.25, 0.3) is 5.56 Å². The first-order chi connectivity index (χ1) is 16.9. The summed E-state index contributed by atoms with van der Waals surface area (Å²) in [5.41, 5.74) is 0.655. The number of fused-ring (bicyclic) bond motifs is 4. The first-order valence-electron chi connectivity index (χ1n) is 12.8. The van der Waals surface area contributed by atoms with Crippen molar-refractivity contribution in [2.24, 2.45) is 11.8 Å². The highest BCUT2D eigenvalue weighted by atomic mass is 16.5. The minimum Gasteiger partial charge on any atom is -0.502 e. The second-order valence-corrected chi connectivity index (χ2v) is 10.5. The molecule has 4 heterocycles. The number of hydrogen-bond donors (Lipinski definition) is 1. The van der Waals surface area contributed by atoms with Crippen molar-refractivity contribution in [3.8, 4) is 5.75 Å². The molecular formula is C27H34N2O6. The SMILES string of the molecule is COC(=O)C[C@@H](c1oc(CN2C[C@@H]3C[C@H](C2)c2cccc(=O)n2C3)cc(=O)c1O)C1CCCCC1. The lowest BCUT2D eigenvalue weighted by Crippen LogP contribution is -2.46. The van der Waals surface area contributed by atoms with Gasteiger partial charge in [-0.25, -0.2) is 0 Å². The largest absolute Gasteiger partial charge is 0.502 e. The summed E-state index contributed by atoms with van der Waals surface area (Å²) >= 11 is 0. The van der Waals surface area contributed by atoms with Gasteiger partial charge in [0.1, 0.15) is 5.76 Å². The van der Waals surface area contributed by atoms with Crippen LogP contribution in [0.5, 0.6) is 5.75 Å². The molecule has 0 unspecified atom stereocenters. The summed E-state index contributed by atoms with van der Waals surface area (Å²) in [5, 5.41) is 10.7. The fraction of sp³-hybridized carbons (Fsp3) is 0.593. The van der Waals surface area contributed by atoms with Crippen LogP contribution in [0, 0.1) is 11.8 Å². The average molecular weight is 483 g/mol. The van der Waals surface area contributed by atoms with Gasteiger partial charge in [0.05, 0.1) is 20.1 Å². The van der Waals surface area contributed by atoms with Crippen molar-refractivity contribution in [2.75, 3.05) is 20.2 Å². The third-order valence-electron chi connectivity index (χ3n) is 8.10. The van der Waals surface area contributed by atoms with E-state index in [0.29, 0.717) is 24.8 Å². The van der Waals surface area contributed by atoms with Crippen LogP contribution in [0.15, 0.2) is 38.3 Å². The molecule has 1 saturated carbocycles. The minimum absolute atomic E-state index is 0.0548. The summed E-state index contributed by atoms with van der Waals surface area (Å²) < 4.78 is 13.0. The van der Waals surface area contributed by atoms with Gasteiger partial charge in [-0.05, 0) is 37.2 Å². The van der Waals surface area contributed by atoms with Crippen LogP contribution >= 0.6 is 0 Å². The zero-order chi connectivity index (χ0) is 24.5. The molecule has 2 fully saturated rings. The molecule has 5 rings (SSSR count). The van der Waals surface area contributed by atoms with E-state index in [1.54, 1.807) is 6.07 Å². The summed E-state index contributed by atoms with van der Waals surface area (Å²) in [6, 6.07) is 6.85. The van der Waals surface area contributed by atoms with E-state index in [0.717, 1.165) is 57.3 Å². The summed E-state index contributed by atoms with van der Waals surface area (Å²) in [6.07, 6.45) is 6.28. The molecule has 1 saturated heterocycles.